The van der Waals surface area contributed by atoms with Gasteiger partial charge < -0.3 is 14.3 Å². The van der Waals surface area contributed by atoms with Crippen molar-refractivity contribution in [3.05, 3.63) is 90.1 Å². The molecule has 0 aliphatic heterocycles. The molecular formula is C24H17ClN4O2. The lowest BCUT2D eigenvalue weighted by atomic mass is 10.2. The number of nitrogens with zero attached hydrogens (tertiary/aromatic N) is 3. The van der Waals surface area contributed by atoms with Crippen molar-refractivity contribution in [1.29, 1.82) is 0 Å². The fourth-order valence-electron chi connectivity index (χ4n) is 3.47. The SMILES string of the molecule is O=C(Cn1cc(-c2nnc(-c3ccccc3)o2)c2ccccc21)Nc1ccc(Cl)cc1. The number of anilines is 1. The van der Waals surface area contributed by atoms with Crippen LogP contribution >= 0.6 is 11.6 Å². The maximum absolute atomic E-state index is 12.6. The molecule has 2 heterocycles. The molecule has 0 spiro atoms. The van der Waals surface area contributed by atoms with E-state index in [2.05, 4.69) is 15.5 Å². The molecule has 0 atom stereocenters. The summed E-state index contributed by atoms with van der Waals surface area (Å²) in [5.74, 6) is 0.713. The first kappa shape index (κ1) is 19.1. The molecular weight excluding hydrogens is 412 g/mol. The number of hydrogen-bond acceptors (Lipinski definition) is 4. The average Bonchev–Trinajstić information content (AvgIpc) is 3.42. The van der Waals surface area contributed by atoms with E-state index in [4.69, 9.17) is 16.0 Å². The summed E-state index contributed by atoms with van der Waals surface area (Å²) in [7, 11) is 0. The maximum atomic E-state index is 12.6. The van der Waals surface area contributed by atoms with Gasteiger partial charge in [0.15, 0.2) is 0 Å². The van der Waals surface area contributed by atoms with Crippen LogP contribution in [0, 0.1) is 0 Å². The van der Waals surface area contributed by atoms with E-state index in [1.54, 1.807) is 24.3 Å². The number of carbonyl (C=O) groups is 1. The Morgan fingerprint density at radius 1 is 0.903 bits per heavy atom. The van der Waals surface area contributed by atoms with Gasteiger partial charge in [0.25, 0.3) is 0 Å². The number of halogens is 1. The Balaban J connectivity index is 1.45. The van der Waals surface area contributed by atoms with Gasteiger partial charge in [-0.1, -0.05) is 48.0 Å². The van der Waals surface area contributed by atoms with Gasteiger partial charge in [-0.05, 0) is 42.5 Å². The molecule has 0 saturated heterocycles. The molecule has 5 rings (SSSR count). The van der Waals surface area contributed by atoms with E-state index in [-0.39, 0.29) is 12.5 Å². The highest BCUT2D eigenvalue weighted by Crippen LogP contribution is 2.31. The minimum Gasteiger partial charge on any atom is -0.416 e. The van der Waals surface area contributed by atoms with Gasteiger partial charge in [-0.3, -0.25) is 4.79 Å². The monoisotopic (exact) mass is 428 g/mol. The number of carbonyl (C=O) groups excluding carboxylic acids is 1. The molecule has 0 fully saturated rings. The van der Waals surface area contributed by atoms with Crippen LogP contribution in [0.15, 0.2) is 89.5 Å². The number of hydrogen-bond donors (Lipinski definition) is 1. The summed E-state index contributed by atoms with van der Waals surface area (Å²) in [6.45, 7) is 0.142. The van der Waals surface area contributed by atoms with Crippen LogP contribution in [0.25, 0.3) is 33.8 Å². The highest BCUT2D eigenvalue weighted by atomic mass is 35.5. The Bertz CT molecular complexity index is 1360. The van der Waals surface area contributed by atoms with Gasteiger partial charge in [0, 0.05) is 33.4 Å². The summed E-state index contributed by atoms with van der Waals surface area (Å²) in [6, 6.07) is 24.4. The van der Waals surface area contributed by atoms with E-state index >= 15 is 0 Å². The molecule has 0 aliphatic rings. The topological polar surface area (TPSA) is 73.0 Å². The van der Waals surface area contributed by atoms with Crippen LogP contribution in [0.3, 0.4) is 0 Å². The molecule has 31 heavy (non-hydrogen) atoms. The summed E-state index contributed by atoms with van der Waals surface area (Å²) in [4.78, 5) is 12.6. The van der Waals surface area contributed by atoms with Crippen molar-refractivity contribution in [3.63, 3.8) is 0 Å². The van der Waals surface area contributed by atoms with Crippen molar-refractivity contribution in [1.82, 2.24) is 14.8 Å². The van der Waals surface area contributed by atoms with Crippen LogP contribution in [-0.4, -0.2) is 20.7 Å². The van der Waals surface area contributed by atoms with E-state index in [9.17, 15) is 4.79 Å². The Labute approximate surface area is 183 Å². The van der Waals surface area contributed by atoms with Gasteiger partial charge in [-0.15, -0.1) is 10.2 Å². The van der Waals surface area contributed by atoms with E-state index in [1.807, 2.05) is 65.4 Å². The Hall–Kier alpha value is -3.90. The van der Waals surface area contributed by atoms with Crippen molar-refractivity contribution in [3.8, 4) is 22.9 Å². The molecule has 5 aromatic rings. The third-order valence-electron chi connectivity index (χ3n) is 4.91. The molecule has 6 nitrogen and oxygen atoms in total. The number of rotatable bonds is 5. The number of nitrogens with one attached hydrogen (secondary N) is 1. The second-order valence-corrected chi connectivity index (χ2v) is 7.46. The van der Waals surface area contributed by atoms with Crippen LogP contribution in [-0.2, 0) is 11.3 Å². The fraction of sp³-hybridized carbons (Fsp3) is 0.0417. The smallest absolute Gasteiger partial charge is 0.250 e. The molecule has 3 aromatic carbocycles. The van der Waals surface area contributed by atoms with Crippen molar-refractivity contribution < 1.29 is 9.21 Å². The maximum Gasteiger partial charge on any atom is 0.250 e. The lowest BCUT2D eigenvalue weighted by Gasteiger charge is -2.07. The first-order valence-corrected chi connectivity index (χ1v) is 10.1. The molecule has 0 saturated carbocycles. The van der Waals surface area contributed by atoms with Gasteiger partial charge in [-0.25, -0.2) is 0 Å². The predicted molar refractivity (Wildman–Crippen MR) is 121 cm³/mol. The molecule has 0 aliphatic carbocycles. The molecule has 0 radical (unpaired) electrons. The molecule has 152 valence electrons. The second-order valence-electron chi connectivity index (χ2n) is 7.02. The van der Waals surface area contributed by atoms with Gasteiger partial charge in [0.1, 0.15) is 6.54 Å². The van der Waals surface area contributed by atoms with Crippen molar-refractivity contribution in [2.45, 2.75) is 6.54 Å². The van der Waals surface area contributed by atoms with Crippen LogP contribution in [0.2, 0.25) is 5.02 Å². The molecule has 7 heteroatoms. The van der Waals surface area contributed by atoms with E-state index in [0.717, 1.165) is 22.0 Å². The lowest BCUT2D eigenvalue weighted by Crippen LogP contribution is -2.18. The second kappa shape index (κ2) is 8.08. The molecule has 0 unspecified atom stereocenters. The Morgan fingerprint density at radius 2 is 1.61 bits per heavy atom. The summed E-state index contributed by atoms with van der Waals surface area (Å²) in [5.41, 5.74) is 3.23. The summed E-state index contributed by atoms with van der Waals surface area (Å²) >= 11 is 5.91. The number of benzene rings is 3. The van der Waals surface area contributed by atoms with Gasteiger partial charge in [0.05, 0.1) is 5.56 Å². The van der Waals surface area contributed by atoms with Gasteiger partial charge >= 0.3 is 0 Å². The highest BCUT2D eigenvalue weighted by Gasteiger charge is 2.17. The largest absolute Gasteiger partial charge is 0.416 e. The molecule has 1 N–H and O–H groups in total. The number of para-hydroxylation sites is 1. The fourth-order valence-corrected chi connectivity index (χ4v) is 3.59. The Kier molecular flexibility index (Phi) is 4.98. The zero-order valence-electron chi connectivity index (χ0n) is 16.3. The summed E-state index contributed by atoms with van der Waals surface area (Å²) < 4.78 is 7.82. The average molecular weight is 429 g/mol. The van der Waals surface area contributed by atoms with Gasteiger partial charge in [-0.2, -0.15) is 0 Å². The van der Waals surface area contributed by atoms with Crippen LogP contribution in [0.4, 0.5) is 5.69 Å². The first-order chi connectivity index (χ1) is 15.2. The van der Waals surface area contributed by atoms with E-state index in [1.165, 1.54) is 0 Å². The quantitative estimate of drug-likeness (QED) is 0.392. The van der Waals surface area contributed by atoms with Crippen LogP contribution in [0.5, 0.6) is 0 Å². The van der Waals surface area contributed by atoms with E-state index in [0.29, 0.717) is 22.5 Å². The zero-order valence-corrected chi connectivity index (χ0v) is 17.1. The standard InChI is InChI=1S/C24H17ClN4O2/c25-17-10-12-18(13-11-17)26-22(30)15-29-14-20(19-8-4-5-9-21(19)29)24-28-27-23(31-24)16-6-2-1-3-7-16/h1-14H,15H2,(H,26,30). The third-order valence-corrected chi connectivity index (χ3v) is 5.16. The number of amides is 1. The number of aromatic nitrogens is 3. The van der Waals surface area contributed by atoms with Crippen molar-refractivity contribution >= 4 is 34.1 Å². The van der Waals surface area contributed by atoms with E-state index < -0.39 is 0 Å². The molecule has 0 bridgehead atoms. The van der Waals surface area contributed by atoms with Crippen molar-refractivity contribution in [2.75, 3.05) is 5.32 Å². The Morgan fingerprint density at radius 3 is 2.42 bits per heavy atom. The third kappa shape index (κ3) is 3.93. The van der Waals surface area contributed by atoms with Crippen LogP contribution in [0.1, 0.15) is 0 Å². The van der Waals surface area contributed by atoms with Crippen molar-refractivity contribution in [2.24, 2.45) is 0 Å². The normalized spacial score (nSPS) is 11.0. The summed E-state index contributed by atoms with van der Waals surface area (Å²) in [5, 5.41) is 12.9. The highest BCUT2D eigenvalue weighted by molar-refractivity contribution is 6.30. The lowest BCUT2D eigenvalue weighted by molar-refractivity contribution is -0.116. The van der Waals surface area contributed by atoms with Crippen LogP contribution < -0.4 is 5.32 Å². The minimum absolute atomic E-state index is 0.142. The zero-order chi connectivity index (χ0) is 21.2. The summed E-state index contributed by atoms with van der Waals surface area (Å²) in [6.07, 6.45) is 1.87. The molecule has 1 amide bonds. The number of fused-ring (bicyclic) bond motifs is 1. The first-order valence-electron chi connectivity index (χ1n) is 9.70. The predicted octanol–water partition coefficient (Wildman–Crippen LogP) is 5.65. The molecule has 2 aromatic heterocycles. The minimum atomic E-state index is -0.148. The van der Waals surface area contributed by atoms with Gasteiger partial charge in [0.2, 0.25) is 17.7 Å².